The van der Waals surface area contributed by atoms with Gasteiger partial charge in [-0.1, -0.05) is 0 Å². The number of benzene rings is 1. The molecule has 1 aromatic carbocycles. The Morgan fingerprint density at radius 1 is 1.50 bits per heavy atom. The maximum Gasteiger partial charge on any atom is 0.347 e. The molecule has 1 heterocycles. The number of aromatic nitrogens is 3. The lowest BCUT2D eigenvalue weighted by Gasteiger charge is -2.05. The lowest BCUT2D eigenvalue weighted by molar-refractivity contribution is 0.0697. The summed E-state index contributed by atoms with van der Waals surface area (Å²) in [5.41, 5.74) is 1.15. The van der Waals surface area contributed by atoms with Gasteiger partial charge in [-0.25, -0.2) is 19.3 Å². The van der Waals surface area contributed by atoms with Gasteiger partial charge >= 0.3 is 11.7 Å². The van der Waals surface area contributed by atoms with E-state index in [4.69, 9.17) is 5.11 Å². The largest absolute Gasteiger partial charge is 0.478 e. The Balaban J connectivity index is 2.57. The van der Waals surface area contributed by atoms with Crippen LogP contribution in [0.15, 0.2) is 29.3 Å². The molecular formula is C10H9N3O3. The third-order valence-corrected chi connectivity index (χ3v) is 2.26. The normalized spacial score (nSPS) is 10.3. The first-order valence-electron chi connectivity index (χ1n) is 4.56. The predicted octanol–water partition coefficient (Wildman–Crippen LogP) is 0.567. The minimum absolute atomic E-state index is 0.192. The molecule has 0 amide bonds. The lowest BCUT2D eigenvalue weighted by atomic mass is 10.1. The summed E-state index contributed by atoms with van der Waals surface area (Å²) in [6.07, 6.45) is 1.35. The number of aromatic carboxylic acids is 1. The molecule has 1 aromatic heterocycles. The van der Waals surface area contributed by atoms with Crippen LogP contribution in [0, 0.1) is 6.92 Å². The van der Waals surface area contributed by atoms with E-state index in [9.17, 15) is 9.59 Å². The van der Waals surface area contributed by atoms with Crippen molar-refractivity contribution < 1.29 is 9.90 Å². The molecule has 0 aliphatic rings. The highest BCUT2D eigenvalue weighted by molar-refractivity contribution is 5.88. The zero-order valence-corrected chi connectivity index (χ0v) is 8.47. The van der Waals surface area contributed by atoms with Crippen LogP contribution in [0.1, 0.15) is 15.9 Å². The Labute approximate surface area is 90.2 Å². The number of hydrogen-bond donors (Lipinski definition) is 2. The summed E-state index contributed by atoms with van der Waals surface area (Å²) in [6.45, 7) is 1.74. The maximum absolute atomic E-state index is 11.3. The average Bonchev–Trinajstić information content (AvgIpc) is 2.64. The van der Waals surface area contributed by atoms with Crippen LogP contribution in [0.25, 0.3) is 5.69 Å². The highest BCUT2D eigenvalue weighted by Gasteiger charge is 2.08. The van der Waals surface area contributed by atoms with E-state index in [0.29, 0.717) is 11.3 Å². The molecule has 0 radical (unpaired) electrons. The molecule has 0 spiro atoms. The molecule has 82 valence electrons. The Bertz CT molecular complexity index is 597. The van der Waals surface area contributed by atoms with E-state index in [1.54, 1.807) is 13.0 Å². The first kappa shape index (κ1) is 10.2. The number of carbonyl (C=O) groups is 1. The van der Waals surface area contributed by atoms with Gasteiger partial charge in [-0.2, -0.15) is 5.10 Å². The van der Waals surface area contributed by atoms with E-state index < -0.39 is 5.97 Å². The summed E-state index contributed by atoms with van der Waals surface area (Å²) in [5.74, 6) is -0.991. The summed E-state index contributed by atoms with van der Waals surface area (Å²) in [4.78, 5) is 22.1. The Morgan fingerprint density at radius 2 is 2.25 bits per heavy atom. The van der Waals surface area contributed by atoms with E-state index in [2.05, 4.69) is 10.2 Å². The van der Waals surface area contributed by atoms with Gasteiger partial charge in [-0.15, -0.1) is 0 Å². The van der Waals surface area contributed by atoms with Crippen molar-refractivity contribution >= 4 is 5.97 Å². The van der Waals surface area contributed by atoms with Gasteiger partial charge in [-0.3, -0.25) is 0 Å². The number of aromatic amines is 1. The smallest absolute Gasteiger partial charge is 0.347 e. The first-order valence-corrected chi connectivity index (χ1v) is 4.56. The molecule has 0 saturated carbocycles. The Hall–Kier alpha value is -2.37. The molecule has 6 heteroatoms. The van der Waals surface area contributed by atoms with Crippen molar-refractivity contribution in [1.29, 1.82) is 0 Å². The van der Waals surface area contributed by atoms with Crippen LogP contribution >= 0.6 is 0 Å². The van der Waals surface area contributed by atoms with Crippen LogP contribution < -0.4 is 5.69 Å². The van der Waals surface area contributed by atoms with Crippen molar-refractivity contribution in [3.63, 3.8) is 0 Å². The molecule has 0 atom stereocenters. The molecule has 2 aromatic rings. The minimum atomic E-state index is -0.991. The van der Waals surface area contributed by atoms with Gasteiger partial charge in [0.15, 0.2) is 0 Å². The van der Waals surface area contributed by atoms with E-state index in [-0.39, 0.29) is 11.3 Å². The van der Waals surface area contributed by atoms with Crippen molar-refractivity contribution in [3.05, 3.63) is 46.1 Å². The predicted molar refractivity (Wildman–Crippen MR) is 55.9 cm³/mol. The lowest BCUT2D eigenvalue weighted by Crippen LogP contribution is -2.15. The molecule has 2 rings (SSSR count). The van der Waals surface area contributed by atoms with Gasteiger partial charge in [0, 0.05) is 0 Å². The maximum atomic E-state index is 11.3. The third kappa shape index (κ3) is 1.60. The van der Waals surface area contributed by atoms with Gasteiger partial charge in [-0.05, 0) is 30.7 Å². The average molecular weight is 219 g/mol. The monoisotopic (exact) mass is 219 g/mol. The second-order valence-corrected chi connectivity index (χ2v) is 3.34. The Morgan fingerprint density at radius 3 is 2.75 bits per heavy atom. The van der Waals surface area contributed by atoms with Gasteiger partial charge < -0.3 is 5.11 Å². The van der Waals surface area contributed by atoms with Crippen molar-refractivity contribution in [2.24, 2.45) is 0 Å². The van der Waals surface area contributed by atoms with Crippen LogP contribution in [0.2, 0.25) is 0 Å². The number of carboxylic acids is 1. The summed E-state index contributed by atoms with van der Waals surface area (Å²) >= 11 is 0. The van der Waals surface area contributed by atoms with E-state index >= 15 is 0 Å². The van der Waals surface area contributed by atoms with E-state index in [1.165, 1.54) is 23.0 Å². The summed E-state index contributed by atoms with van der Waals surface area (Å²) in [7, 11) is 0. The second-order valence-electron chi connectivity index (χ2n) is 3.34. The fourth-order valence-corrected chi connectivity index (χ4v) is 1.48. The number of rotatable bonds is 2. The van der Waals surface area contributed by atoms with Gasteiger partial charge in [0.2, 0.25) is 0 Å². The van der Waals surface area contributed by atoms with Crippen LogP contribution in [0.4, 0.5) is 0 Å². The number of hydrogen-bond acceptors (Lipinski definition) is 3. The molecule has 0 aliphatic carbocycles. The van der Waals surface area contributed by atoms with Crippen molar-refractivity contribution in [2.45, 2.75) is 6.92 Å². The minimum Gasteiger partial charge on any atom is -0.478 e. The zero-order chi connectivity index (χ0) is 11.7. The molecule has 0 aliphatic heterocycles. The van der Waals surface area contributed by atoms with Crippen molar-refractivity contribution in [3.8, 4) is 5.69 Å². The van der Waals surface area contributed by atoms with Crippen LogP contribution in [0.3, 0.4) is 0 Å². The molecule has 0 bridgehead atoms. The number of nitrogens with zero attached hydrogens (tertiary/aromatic N) is 2. The second kappa shape index (κ2) is 3.65. The number of aryl methyl sites for hydroxylation is 1. The summed E-state index contributed by atoms with van der Waals surface area (Å²) in [5, 5.41) is 14.7. The van der Waals surface area contributed by atoms with Crippen LogP contribution in [-0.2, 0) is 0 Å². The number of carboxylic acid groups (broad SMARTS) is 1. The topological polar surface area (TPSA) is 88.0 Å². The molecule has 0 unspecified atom stereocenters. The molecular weight excluding hydrogens is 210 g/mol. The van der Waals surface area contributed by atoms with Gasteiger partial charge in [0.05, 0.1) is 11.3 Å². The van der Waals surface area contributed by atoms with Crippen molar-refractivity contribution in [1.82, 2.24) is 14.8 Å². The van der Waals surface area contributed by atoms with E-state index in [1.807, 2.05) is 0 Å². The fraction of sp³-hybridized carbons (Fsp3) is 0.100. The fourth-order valence-electron chi connectivity index (χ4n) is 1.48. The third-order valence-electron chi connectivity index (χ3n) is 2.26. The number of H-pyrrole nitrogens is 1. The SMILES string of the molecule is Cc1cc(C(=O)O)ccc1-n1cn[nH]c1=O. The van der Waals surface area contributed by atoms with Gasteiger partial charge in [0.1, 0.15) is 6.33 Å². The molecule has 2 N–H and O–H groups in total. The molecule has 0 saturated heterocycles. The summed E-state index contributed by atoms with van der Waals surface area (Å²) in [6, 6.07) is 4.54. The highest BCUT2D eigenvalue weighted by Crippen LogP contribution is 2.13. The van der Waals surface area contributed by atoms with E-state index in [0.717, 1.165) is 0 Å². The van der Waals surface area contributed by atoms with Gasteiger partial charge in [0.25, 0.3) is 0 Å². The zero-order valence-electron chi connectivity index (χ0n) is 8.47. The van der Waals surface area contributed by atoms with Crippen LogP contribution in [0.5, 0.6) is 0 Å². The summed E-state index contributed by atoms with van der Waals surface area (Å²) < 4.78 is 1.32. The van der Waals surface area contributed by atoms with Crippen molar-refractivity contribution in [2.75, 3.05) is 0 Å². The van der Waals surface area contributed by atoms with Crippen LogP contribution in [-0.4, -0.2) is 25.8 Å². The molecule has 16 heavy (non-hydrogen) atoms. The first-order chi connectivity index (χ1) is 7.59. The standard InChI is InChI=1S/C10H9N3O3/c1-6-4-7(9(14)15)2-3-8(6)13-5-11-12-10(13)16/h2-5H,1H3,(H,12,16)(H,14,15). The highest BCUT2D eigenvalue weighted by atomic mass is 16.4. The molecule has 6 nitrogen and oxygen atoms in total. The Kier molecular flexibility index (Phi) is 2.32. The molecule has 0 fully saturated rings. The quantitative estimate of drug-likeness (QED) is 0.772. The number of nitrogens with one attached hydrogen (secondary N) is 1.